The van der Waals surface area contributed by atoms with Crippen LogP contribution in [0.5, 0.6) is 0 Å². The fraction of sp³-hybridized carbons (Fsp3) is 0.444. The Hall–Kier alpha value is -2.78. The molecule has 0 spiro atoms. The van der Waals surface area contributed by atoms with E-state index in [0.29, 0.717) is 37.6 Å². The highest BCUT2D eigenvalue weighted by Crippen LogP contribution is 2.12. The number of carbonyl (C=O) groups is 2. The third-order valence-corrected chi connectivity index (χ3v) is 3.53. The monoisotopic (exact) mass is 375 g/mol. The second-order valence-corrected chi connectivity index (χ2v) is 5.56. The second-order valence-electron chi connectivity index (χ2n) is 5.56. The maximum Gasteiger partial charge on any atom is 0.277 e. The molecular weight excluding hydrogens is 350 g/mol. The fourth-order valence-electron chi connectivity index (χ4n) is 2.37. The number of hydrogen-bond donors (Lipinski definition) is 2. The fourth-order valence-corrected chi connectivity index (χ4v) is 2.37. The molecule has 2 aromatic rings. The van der Waals surface area contributed by atoms with E-state index in [4.69, 9.17) is 9.47 Å². The summed E-state index contributed by atoms with van der Waals surface area (Å²) < 4.78 is 12.4. The van der Waals surface area contributed by atoms with Crippen LogP contribution < -0.4 is 10.6 Å². The van der Waals surface area contributed by atoms with Gasteiger partial charge in [-0.15, -0.1) is 5.10 Å². The summed E-state index contributed by atoms with van der Waals surface area (Å²) in [4.78, 5) is 24.3. The topological polar surface area (TPSA) is 107 Å². The highest BCUT2D eigenvalue weighted by molar-refractivity contribution is 6.03. The Morgan fingerprint density at radius 2 is 1.89 bits per heavy atom. The molecule has 1 aromatic heterocycles. The van der Waals surface area contributed by atoms with E-state index in [0.717, 1.165) is 0 Å². The smallest absolute Gasteiger partial charge is 0.277 e. The molecule has 0 aliphatic carbocycles. The number of amides is 2. The minimum Gasteiger partial charge on any atom is -0.352 e. The molecule has 2 N–H and O–H groups in total. The van der Waals surface area contributed by atoms with Gasteiger partial charge in [0, 0.05) is 31.0 Å². The summed E-state index contributed by atoms with van der Waals surface area (Å²) in [5, 5.41) is 13.2. The van der Waals surface area contributed by atoms with Crippen molar-refractivity contribution >= 4 is 17.5 Å². The van der Waals surface area contributed by atoms with Gasteiger partial charge >= 0.3 is 0 Å². The van der Waals surface area contributed by atoms with Crippen molar-refractivity contribution < 1.29 is 19.1 Å². The molecule has 0 radical (unpaired) electrons. The van der Waals surface area contributed by atoms with E-state index in [1.807, 2.05) is 20.8 Å². The summed E-state index contributed by atoms with van der Waals surface area (Å²) in [5.41, 5.74) is 1.12. The maximum atomic E-state index is 12.4. The van der Waals surface area contributed by atoms with E-state index in [1.54, 1.807) is 24.3 Å². The standard InChI is InChI=1S/C18H25N5O4/c1-4-19-17(24)13-8-7-9-14(10-13)20-18(25)15-11-23(22-21-15)12-16(26-5-2)27-6-3/h7-11,16H,4-6,12H2,1-3H3,(H,19,24)(H,20,25). The molecule has 0 saturated heterocycles. The number of hydrogen-bond acceptors (Lipinski definition) is 6. The van der Waals surface area contributed by atoms with E-state index in [-0.39, 0.29) is 11.6 Å². The van der Waals surface area contributed by atoms with E-state index in [9.17, 15) is 9.59 Å². The number of nitrogens with zero attached hydrogens (tertiary/aromatic N) is 3. The van der Waals surface area contributed by atoms with E-state index in [2.05, 4.69) is 20.9 Å². The van der Waals surface area contributed by atoms with E-state index in [1.165, 1.54) is 10.9 Å². The molecule has 1 heterocycles. The van der Waals surface area contributed by atoms with Gasteiger partial charge in [-0.3, -0.25) is 9.59 Å². The number of carbonyl (C=O) groups excluding carboxylic acids is 2. The Bertz CT molecular complexity index is 756. The van der Waals surface area contributed by atoms with Crippen LogP contribution in [0.25, 0.3) is 0 Å². The molecular formula is C18H25N5O4. The largest absolute Gasteiger partial charge is 0.352 e. The Kier molecular flexibility index (Phi) is 7.90. The molecule has 0 atom stereocenters. The molecule has 0 aliphatic rings. The lowest BCUT2D eigenvalue weighted by atomic mass is 10.2. The van der Waals surface area contributed by atoms with Crippen LogP contribution in [0.2, 0.25) is 0 Å². The molecule has 9 heteroatoms. The zero-order valence-electron chi connectivity index (χ0n) is 15.8. The van der Waals surface area contributed by atoms with Gasteiger partial charge in [0.15, 0.2) is 12.0 Å². The van der Waals surface area contributed by atoms with Crippen LogP contribution in [0, 0.1) is 0 Å². The average molecular weight is 375 g/mol. The second kappa shape index (κ2) is 10.4. The predicted octanol–water partition coefficient (Wildman–Crippen LogP) is 1.68. The summed E-state index contributed by atoms with van der Waals surface area (Å²) in [7, 11) is 0. The van der Waals surface area contributed by atoms with Gasteiger partial charge in [-0.2, -0.15) is 0 Å². The lowest BCUT2D eigenvalue weighted by molar-refractivity contribution is -0.145. The third-order valence-electron chi connectivity index (χ3n) is 3.53. The first kappa shape index (κ1) is 20.5. The van der Waals surface area contributed by atoms with Crippen LogP contribution in [-0.4, -0.2) is 52.9 Å². The highest BCUT2D eigenvalue weighted by atomic mass is 16.7. The molecule has 2 rings (SSSR count). The molecule has 0 saturated carbocycles. The summed E-state index contributed by atoms with van der Waals surface area (Å²) in [6.45, 7) is 7.47. The highest BCUT2D eigenvalue weighted by Gasteiger charge is 2.15. The minimum atomic E-state index is -0.452. The predicted molar refractivity (Wildman–Crippen MR) is 99.5 cm³/mol. The van der Waals surface area contributed by atoms with E-state index >= 15 is 0 Å². The minimum absolute atomic E-state index is 0.158. The zero-order chi connectivity index (χ0) is 19.6. The zero-order valence-corrected chi connectivity index (χ0v) is 15.8. The summed E-state index contributed by atoms with van der Waals surface area (Å²) >= 11 is 0. The first-order chi connectivity index (χ1) is 13.1. The van der Waals surface area contributed by atoms with Crippen molar-refractivity contribution in [2.75, 3.05) is 25.1 Å². The van der Waals surface area contributed by atoms with Gasteiger partial charge in [0.1, 0.15) is 0 Å². The first-order valence-corrected chi connectivity index (χ1v) is 8.90. The molecule has 0 fully saturated rings. The normalized spacial score (nSPS) is 10.8. The molecule has 2 amide bonds. The van der Waals surface area contributed by atoms with Gasteiger partial charge in [0.2, 0.25) is 0 Å². The number of rotatable bonds is 10. The van der Waals surface area contributed by atoms with Crippen molar-refractivity contribution in [3.63, 3.8) is 0 Å². The van der Waals surface area contributed by atoms with Crippen molar-refractivity contribution in [3.05, 3.63) is 41.7 Å². The number of ether oxygens (including phenoxy) is 2. The van der Waals surface area contributed by atoms with Crippen LogP contribution in [0.1, 0.15) is 41.6 Å². The number of aromatic nitrogens is 3. The van der Waals surface area contributed by atoms with Crippen LogP contribution in [0.15, 0.2) is 30.5 Å². The van der Waals surface area contributed by atoms with E-state index < -0.39 is 12.2 Å². The maximum absolute atomic E-state index is 12.4. The Morgan fingerprint density at radius 3 is 2.56 bits per heavy atom. The van der Waals surface area contributed by atoms with Gasteiger partial charge in [-0.05, 0) is 39.0 Å². The summed E-state index contributed by atoms with van der Waals surface area (Å²) in [6.07, 6.45) is 1.07. The van der Waals surface area contributed by atoms with Crippen LogP contribution in [0.3, 0.4) is 0 Å². The summed E-state index contributed by atoms with van der Waals surface area (Å²) in [6, 6.07) is 6.68. The van der Waals surface area contributed by atoms with Gasteiger partial charge in [0.25, 0.3) is 11.8 Å². The lowest BCUT2D eigenvalue weighted by Crippen LogP contribution is -2.24. The van der Waals surface area contributed by atoms with Gasteiger partial charge in [-0.1, -0.05) is 11.3 Å². The third kappa shape index (κ3) is 6.15. The van der Waals surface area contributed by atoms with Gasteiger partial charge in [-0.25, -0.2) is 4.68 Å². The van der Waals surface area contributed by atoms with Crippen molar-refractivity contribution in [2.24, 2.45) is 0 Å². The molecule has 0 aliphatic heterocycles. The quantitative estimate of drug-likeness (QED) is 0.612. The summed E-state index contributed by atoms with van der Waals surface area (Å²) in [5.74, 6) is -0.615. The molecule has 1 aromatic carbocycles. The molecule has 27 heavy (non-hydrogen) atoms. The van der Waals surface area contributed by atoms with Crippen molar-refractivity contribution in [2.45, 2.75) is 33.6 Å². The first-order valence-electron chi connectivity index (χ1n) is 8.90. The van der Waals surface area contributed by atoms with Crippen LogP contribution >= 0.6 is 0 Å². The lowest BCUT2D eigenvalue weighted by Gasteiger charge is -2.16. The van der Waals surface area contributed by atoms with Crippen LogP contribution in [0.4, 0.5) is 5.69 Å². The Morgan fingerprint density at radius 1 is 1.15 bits per heavy atom. The molecule has 146 valence electrons. The molecule has 0 bridgehead atoms. The molecule has 0 unspecified atom stereocenters. The van der Waals surface area contributed by atoms with Gasteiger partial charge < -0.3 is 20.1 Å². The SMILES string of the molecule is CCNC(=O)c1cccc(NC(=O)c2cn(CC(OCC)OCC)nn2)c1. The number of benzene rings is 1. The van der Waals surface area contributed by atoms with Crippen LogP contribution in [-0.2, 0) is 16.0 Å². The number of anilines is 1. The average Bonchev–Trinajstić information content (AvgIpc) is 3.11. The van der Waals surface area contributed by atoms with Gasteiger partial charge in [0.05, 0.1) is 12.7 Å². The van der Waals surface area contributed by atoms with Crippen molar-refractivity contribution in [1.82, 2.24) is 20.3 Å². The Balaban J connectivity index is 2.01. The molecule has 9 nitrogen and oxygen atoms in total. The van der Waals surface area contributed by atoms with Crippen molar-refractivity contribution in [1.29, 1.82) is 0 Å². The Labute approximate surface area is 158 Å². The van der Waals surface area contributed by atoms with Crippen molar-refractivity contribution in [3.8, 4) is 0 Å². The number of nitrogens with one attached hydrogen (secondary N) is 2.